The van der Waals surface area contributed by atoms with Crippen LogP contribution in [0.2, 0.25) is 0 Å². The van der Waals surface area contributed by atoms with Gasteiger partial charge in [0.15, 0.2) is 11.5 Å². The summed E-state index contributed by atoms with van der Waals surface area (Å²) in [6, 6.07) is 8.18. The number of aromatic nitrogens is 2. The first-order valence-electron chi connectivity index (χ1n) is 8.87. The molecule has 1 aromatic carbocycles. The molecule has 0 aliphatic carbocycles. The zero-order valence-electron chi connectivity index (χ0n) is 14.0. The van der Waals surface area contributed by atoms with Gasteiger partial charge in [-0.1, -0.05) is 6.07 Å². The lowest BCUT2D eigenvalue weighted by Gasteiger charge is -2.34. The number of hydrogen-bond donors (Lipinski definition) is 0. The van der Waals surface area contributed by atoms with Gasteiger partial charge in [0, 0.05) is 19.3 Å². The largest absolute Gasteiger partial charge is 0.454 e. The van der Waals surface area contributed by atoms with Gasteiger partial charge in [-0.15, -0.1) is 0 Å². The molecule has 3 aliphatic heterocycles. The second-order valence-electron chi connectivity index (χ2n) is 7.00. The quantitative estimate of drug-likeness (QED) is 0.857. The zero-order valence-corrected chi connectivity index (χ0v) is 14.0. The van der Waals surface area contributed by atoms with E-state index in [1.54, 1.807) is 12.5 Å². The third-order valence-electron chi connectivity index (χ3n) is 5.41. The SMILES string of the molecule is c1cc([C@H]2C[C@@H]3CCN(Cc4ccc5c(c4)OCO5)C[C@H]3O2)ncn1. The molecule has 0 spiro atoms. The van der Waals surface area contributed by atoms with Gasteiger partial charge in [-0.3, -0.25) is 4.90 Å². The lowest BCUT2D eigenvalue weighted by atomic mass is 9.91. The average Bonchev–Trinajstić information content (AvgIpc) is 3.28. The molecular weight excluding hydrogens is 318 g/mol. The molecule has 5 rings (SSSR count). The number of ether oxygens (including phenoxy) is 3. The molecule has 0 radical (unpaired) electrons. The fourth-order valence-corrected chi connectivity index (χ4v) is 4.12. The van der Waals surface area contributed by atoms with E-state index in [9.17, 15) is 0 Å². The minimum atomic E-state index is 0.114. The van der Waals surface area contributed by atoms with Gasteiger partial charge < -0.3 is 14.2 Å². The summed E-state index contributed by atoms with van der Waals surface area (Å²) in [7, 11) is 0. The Labute approximate surface area is 146 Å². The van der Waals surface area contributed by atoms with Gasteiger partial charge in [0.25, 0.3) is 0 Å². The molecule has 130 valence electrons. The van der Waals surface area contributed by atoms with Crippen LogP contribution in [0.25, 0.3) is 0 Å². The molecule has 1 aromatic heterocycles. The van der Waals surface area contributed by atoms with Gasteiger partial charge in [0.1, 0.15) is 12.4 Å². The number of hydrogen-bond acceptors (Lipinski definition) is 6. The van der Waals surface area contributed by atoms with E-state index in [4.69, 9.17) is 14.2 Å². The molecule has 4 heterocycles. The van der Waals surface area contributed by atoms with Crippen LogP contribution in [0.3, 0.4) is 0 Å². The maximum Gasteiger partial charge on any atom is 0.231 e. The third kappa shape index (κ3) is 2.96. The topological polar surface area (TPSA) is 56.7 Å². The van der Waals surface area contributed by atoms with E-state index < -0.39 is 0 Å². The zero-order chi connectivity index (χ0) is 16.6. The number of piperidine rings is 1. The summed E-state index contributed by atoms with van der Waals surface area (Å²) in [6.07, 6.45) is 6.05. The molecule has 3 atom stereocenters. The van der Waals surface area contributed by atoms with Crippen LogP contribution in [0.4, 0.5) is 0 Å². The first-order valence-corrected chi connectivity index (χ1v) is 8.87. The highest BCUT2D eigenvalue weighted by molar-refractivity contribution is 5.44. The van der Waals surface area contributed by atoms with Gasteiger partial charge in [0.2, 0.25) is 6.79 Å². The van der Waals surface area contributed by atoms with Crippen molar-refractivity contribution in [1.82, 2.24) is 14.9 Å². The van der Waals surface area contributed by atoms with Crippen molar-refractivity contribution < 1.29 is 14.2 Å². The fourth-order valence-electron chi connectivity index (χ4n) is 4.12. The van der Waals surface area contributed by atoms with E-state index in [0.717, 1.165) is 43.2 Å². The standard InChI is InChI=1S/C19H21N3O3/c1-2-16-18(24-12-23-16)7-13(1)9-22-6-4-14-8-17(25-19(14)10-22)15-3-5-20-11-21-15/h1-3,5,7,11,14,17,19H,4,6,8-10,12H2/t14-,17+,19+/m0/s1. The van der Waals surface area contributed by atoms with Crippen LogP contribution in [0, 0.1) is 5.92 Å². The molecular formula is C19H21N3O3. The average molecular weight is 339 g/mol. The van der Waals surface area contributed by atoms with E-state index >= 15 is 0 Å². The molecule has 0 amide bonds. The van der Waals surface area contributed by atoms with Crippen LogP contribution in [-0.4, -0.2) is 40.9 Å². The van der Waals surface area contributed by atoms with Crippen LogP contribution in [0.1, 0.15) is 30.2 Å². The molecule has 2 fully saturated rings. The minimum Gasteiger partial charge on any atom is -0.454 e. The van der Waals surface area contributed by atoms with E-state index in [-0.39, 0.29) is 6.10 Å². The monoisotopic (exact) mass is 339 g/mol. The van der Waals surface area contributed by atoms with Gasteiger partial charge >= 0.3 is 0 Å². The molecule has 0 N–H and O–H groups in total. The molecule has 6 nitrogen and oxygen atoms in total. The second-order valence-corrected chi connectivity index (χ2v) is 7.00. The van der Waals surface area contributed by atoms with Gasteiger partial charge in [-0.25, -0.2) is 9.97 Å². The summed E-state index contributed by atoms with van der Waals surface area (Å²) >= 11 is 0. The van der Waals surface area contributed by atoms with Crippen molar-refractivity contribution in [2.45, 2.75) is 31.6 Å². The molecule has 0 unspecified atom stereocenters. The van der Waals surface area contributed by atoms with E-state index in [2.05, 4.69) is 27.0 Å². The minimum absolute atomic E-state index is 0.114. The van der Waals surface area contributed by atoms with Crippen molar-refractivity contribution in [2.75, 3.05) is 19.9 Å². The summed E-state index contributed by atoms with van der Waals surface area (Å²) in [4.78, 5) is 10.8. The summed E-state index contributed by atoms with van der Waals surface area (Å²) < 4.78 is 17.2. The molecule has 6 heteroatoms. The third-order valence-corrected chi connectivity index (χ3v) is 5.41. The number of benzene rings is 1. The van der Waals surface area contributed by atoms with Crippen LogP contribution in [0.15, 0.2) is 36.8 Å². The molecule has 0 saturated carbocycles. The Morgan fingerprint density at radius 2 is 2.12 bits per heavy atom. The number of fused-ring (bicyclic) bond motifs is 2. The van der Waals surface area contributed by atoms with Crippen molar-refractivity contribution in [2.24, 2.45) is 5.92 Å². The Morgan fingerprint density at radius 3 is 3.04 bits per heavy atom. The normalized spacial score (nSPS) is 28.1. The Morgan fingerprint density at radius 1 is 1.16 bits per heavy atom. The molecule has 25 heavy (non-hydrogen) atoms. The highest BCUT2D eigenvalue weighted by Gasteiger charge is 2.40. The first-order chi connectivity index (χ1) is 12.3. The molecule has 0 bridgehead atoms. The van der Waals surface area contributed by atoms with Gasteiger partial charge in [-0.2, -0.15) is 0 Å². The second kappa shape index (κ2) is 6.28. The van der Waals surface area contributed by atoms with Crippen LogP contribution in [0.5, 0.6) is 11.5 Å². The highest BCUT2D eigenvalue weighted by atomic mass is 16.7. The lowest BCUT2D eigenvalue weighted by Crippen LogP contribution is -2.41. The first kappa shape index (κ1) is 15.1. The van der Waals surface area contributed by atoms with E-state index in [1.807, 2.05) is 12.1 Å². The number of likely N-dealkylation sites (tertiary alicyclic amines) is 1. The maximum absolute atomic E-state index is 6.32. The Bertz CT molecular complexity index is 755. The summed E-state index contributed by atoms with van der Waals surface area (Å²) in [6.45, 7) is 3.32. The Balaban J connectivity index is 1.24. The van der Waals surface area contributed by atoms with Gasteiger partial charge in [0.05, 0.1) is 11.8 Å². The van der Waals surface area contributed by atoms with Crippen molar-refractivity contribution in [3.8, 4) is 11.5 Å². The predicted molar refractivity (Wildman–Crippen MR) is 90.2 cm³/mol. The number of nitrogens with zero attached hydrogens (tertiary/aromatic N) is 3. The maximum atomic E-state index is 6.32. The predicted octanol–water partition coefficient (Wildman–Crippen LogP) is 2.56. The lowest BCUT2D eigenvalue weighted by molar-refractivity contribution is -0.0106. The summed E-state index contributed by atoms with van der Waals surface area (Å²) in [5.74, 6) is 2.33. The summed E-state index contributed by atoms with van der Waals surface area (Å²) in [5.41, 5.74) is 2.26. The summed E-state index contributed by atoms with van der Waals surface area (Å²) in [5, 5.41) is 0. The fraction of sp³-hybridized carbons (Fsp3) is 0.474. The van der Waals surface area contributed by atoms with Crippen molar-refractivity contribution >= 4 is 0 Å². The number of rotatable bonds is 3. The van der Waals surface area contributed by atoms with Crippen LogP contribution < -0.4 is 9.47 Å². The molecule has 2 aromatic rings. The van der Waals surface area contributed by atoms with Crippen LogP contribution in [-0.2, 0) is 11.3 Å². The highest BCUT2D eigenvalue weighted by Crippen LogP contribution is 2.40. The van der Waals surface area contributed by atoms with Crippen molar-refractivity contribution in [1.29, 1.82) is 0 Å². The molecule has 3 aliphatic rings. The van der Waals surface area contributed by atoms with E-state index in [1.165, 1.54) is 12.0 Å². The van der Waals surface area contributed by atoms with Crippen molar-refractivity contribution in [3.63, 3.8) is 0 Å². The smallest absolute Gasteiger partial charge is 0.231 e. The van der Waals surface area contributed by atoms with E-state index in [0.29, 0.717) is 18.8 Å². The molecule has 2 saturated heterocycles. The van der Waals surface area contributed by atoms with Gasteiger partial charge in [-0.05, 0) is 49.1 Å². The van der Waals surface area contributed by atoms with Crippen LogP contribution >= 0.6 is 0 Å². The Hall–Kier alpha value is -2.18. The Kier molecular flexibility index (Phi) is 3.79. The van der Waals surface area contributed by atoms with Crippen molar-refractivity contribution in [3.05, 3.63) is 48.0 Å².